The van der Waals surface area contributed by atoms with Crippen molar-refractivity contribution in [3.8, 4) is 0 Å². The Bertz CT molecular complexity index is 468. The van der Waals surface area contributed by atoms with Crippen molar-refractivity contribution >= 4 is 17.0 Å². The molecule has 0 amide bonds. The Hall–Kier alpha value is -1.39. The molecule has 2 aromatic rings. The monoisotopic (exact) mass is 248 g/mol. The molecule has 1 aromatic carbocycles. The molecule has 1 aromatic heterocycles. The van der Waals surface area contributed by atoms with Crippen molar-refractivity contribution in [1.29, 1.82) is 0 Å². The van der Waals surface area contributed by atoms with Crippen LogP contribution in [0.4, 0.5) is 5.69 Å². The molecule has 4 heteroatoms. The molecule has 0 radical (unpaired) electrons. The van der Waals surface area contributed by atoms with Gasteiger partial charge in [-0.05, 0) is 19.9 Å². The number of nitrogens with zero attached hydrogens (tertiary/aromatic N) is 1. The molecule has 17 heavy (non-hydrogen) atoms. The molecule has 90 valence electrons. The van der Waals surface area contributed by atoms with Crippen LogP contribution in [-0.4, -0.2) is 10.1 Å². The number of aliphatic hydroxyl groups excluding tert-OH is 1. The van der Waals surface area contributed by atoms with Crippen LogP contribution in [0.3, 0.4) is 0 Å². The summed E-state index contributed by atoms with van der Waals surface area (Å²) >= 11 is 1.59. The highest BCUT2D eigenvalue weighted by Gasteiger charge is 2.11. The van der Waals surface area contributed by atoms with Crippen LogP contribution in [0.5, 0.6) is 0 Å². The van der Waals surface area contributed by atoms with Crippen LogP contribution in [0, 0.1) is 0 Å². The molecule has 0 aliphatic carbocycles. The fourth-order valence-corrected chi connectivity index (χ4v) is 2.38. The number of nitrogens with one attached hydrogen (secondary N) is 1. The average molecular weight is 248 g/mol. The Morgan fingerprint density at radius 2 is 2.06 bits per heavy atom. The molecule has 0 aliphatic heterocycles. The minimum absolute atomic E-state index is 0.140. The number of thiazole rings is 1. The highest BCUT2D eigenvalue weighted by molar-refractivity contribution is 7.07. The normalized spacial score (nSPS) is 14.3. The van der Waals surface area contributed by atoms with Crippen molar-refractivity contribution < 1.29 is 5.11 Å². The molecule has 1 heterocycles. The van der Waals surface area contributed by atoms with Crippen molar-refractivity contribution in [3.05, 3.63) is 46.4 Å². The van der Waals surface area contributed by atoms with Gasteiger partial charge in [0.15, 0.2) is 0 Å². The Morgan fingerprint density at radius 1 is 1.29 bits per heavy atom. The zero-order chi connectivity index (χ0) is 12.3. The standard InChI is InChI=1S/C13H16N2OS/c1-9(13-7-17-8-14-13)15-12-6-4-3-5-11(12)10(2)16/h3-10,15-16H,1-2H3. The SMILES string of the molecule is CC(O)c1ccccc1NC(C)c1cscn1. The van der Waals surface area contributed by atoms with E-state index in [0.29, 0.717) is 0 Å². The van der Waals surface area contributed by atoms with Gasteiger partial charge in [-0.15, -0.1) is 11.3 Å². The summed E-state index contributed by atoms with van der Waals surface area (Å²) in [5.41, 5.74) is 4.72. The number of para-hydroxylation sites is 1. The predicted octanol–water partition coefficient (Wildman–Crippen LogP) is 3.37. The van der Waals surface area contributed by atoms with Crippen molar-refractivity contribution in [2.75, 3.05) is 5.32 Å². The first-order valence-corrected chi connectivity index (χ1v) is 6.54. The van der Waals surface area contributed by atoms with Crippen molar-refractivity contribution in [1.82, 2.24) is 4.98 Å². The molecular weight excluding hydrogens is 232 g/mol. The maximum Gasteiger partial charge on any atom is 0.0795 e. The molecule has 2 atom stereocenters. The number of rotatable bonds is 4. The summed E-state index contributed by atoms with van der Waals surface area (Å²) in [7, 11) is 0. The first-order chi connectivity index (χ1) is 8.18. The lowest BCUT2D eigenvalue weighted by Crippen LogP contribution is -2.09. The first-order valence-electron chi connectivity index (χ1n) is 5.60. The number of aromatic nitrogens is 1. The third-order valence-electron chi connectivity index (χ3n) is 2.68. The molecule has 3 nitrogen and oxygen atoms in total. The van der Waals surface area contributed by atoms with Crippen LogP contribution in [0.2, 0.25) is 0 Å². The van der Waals surface area contributed by atoms with E-state index in [1.165, 1.54) is 0 Å². The maximum atomic E-state index is 9.69. The molecule has 0 aliphatic rings. The van der Waals surface area contributed by atoms with Crippen molar-refractivity contribution in [2.24, 2.45) is 0 Å². The average Bonchev–Trinajstić information content (AvgIpc) is 2.83. The van der Waals surface area contributed by atoms with Crippen LogP contribution in [0.25, 0.3) is 0 Å². The van der Waals surface area contributed by atoms with Crippen molar-refractivity contribution in [2.45, 2.75) is 26.0 Å². The fourth-order valence-electron chi connectivity index (χ4n) is 1.74. The first kappa shape index (κ1) is 12.1. The highest BCUT2D eigenvalue weighted by atomic mass is 32.1. The topological polar surface area (TPSA) is 45.1 Å². The summed E-state index contributed by atoms with van der Waals surface area (Å²) < 4.78 is 0. The second-order valence-electron chi connectivity index (χ2n) is 4.04. The second kappa shape index (κ2) is 5.29. The predicted molar refractivity (Wildman–Crippen MR) is 71.2 cm³/mol. The summed E-state index contributed by atoms with van der Waals surface area (Å²) in [5.74, 6) is 0. The highest BCUT2D eigenvalue weighted by Crippen LogP contribution is 2.26. The molecule has 0 fully saturated rings. The summed E-state index contributed by atoms with van der Waals surface area (Å²) in [6, 6.07) is 7.94. The van der Waals surface area contributed by atoms with E-state index >= 15 is 0 Å². The van der Waals surface area contributed by atoms with E-state index in [-0.39, 0.29) is 6.04 Å². The smallest absolute Gasteiger partial charge is 0.0795 e. The third-order valence-corrected chi connectivity index (χ3v) is 3.28. The Balaban J connectivity index is 2.18. The molecule has 0 saturated heterocycles. The second-order valence-corrected chi connectivity index (χ2v) is 4.76. The quantitative estimate of drug-likeness (QED) is 0.872. The van der Waals surface area contributed by atoms with Crippen LogP contribution in [-0.2, 0) is 0 Å². The number of anilines is 1. The number of hydrogen-bond acceptors (Lipinski definition) is 4. The van der Waals surface area contributed by atoms with Gasteiger partial charge in [0.25, 0.3) is 0 Å². The molecular formula is C13H16N2OS. The summed E-state index contributed by atoms with van der Waals surface area (Å²) in [6.07, 6.45) is -0.471. The summed E-state index contributed by atoms with van der Waals surface area (Å²) in [5, 5.41) is 15.1. The maximum absolute atomic E-state index is 9.69. The lowest BCUT2D eigenvalue weighted by molar-refractivity contribution is 0.200. The van der Waals surface area contributed by atoms with Gasteiger partial charge in [0, 0.05) is 16.6 Å². The van der Waals surface area contributed by atoms with Gasteiger partial charge in [0.1, 0.15) is 0 Å². The molecule has 2 unspecified atom stereocenters. The molecule has 0 saturated carbocycles. The zero-order valence-corrected chi connectivity index (χ0v) is 10.7. The molecule has 2 N–H and O–H groups in total. The van der Waals surface area contributed by atoms with Crippen LogP contribution >= 0.6 is 11.3 Å². The van der Waals surface area contributed by atoms with E-state index in [1.807, 2.05) is 35.2 Å². The van der Waals surface area contributed by atoms with Gasteiger partial charge in [-0.1, -0.05) is 18.2 Å². The number of hydrogen-bond donors (Lipinski definition) is 2. The minimum atomic E-state index is -0.471. The van der Waals surface area contributed by atoms with Gasteiger partial charge in [-0.3, -0.25) is 0 Å². The fraction of sp³-hybridized carbons (Fsp3) is 0.308. The Labute approximate surface area is 105 Å². The van der Waals surface area contributed by atoms with Crippen molar-refractivity contribution in [3.63, 3.8) is 0 Å². The van der Waals surface area contributed by atoms with E-state index in [1.54, 1.807) is 18.3 Å². The third kappa shape index (κ3) is 2.84. The summed E-state index contributed by atoms with van der Waals surface area (Å²) in [6.45, 7) is 3.84. The van der Waals surface area contributed by atoms with Gasteiger partial charge in [-0.2, -0.15) is 0 Å². The van der Waals surface area contributed by atoms with Gasteiger partial charge < -0.3 is 10.4 Å². The van der Waals surface area contributed by atoms with Gasteiger partial charge in [-0.25, -0.2) is 4.98 Å². The van der Waals surface area contributed by atoms with Gasteiger partial charge >= 0.3 is 0 Å². The molecule has 0 bridgehead atoms. The van der Waals surface area contributed by atoms with Gasteiger partial charge in [0.2, 0.25) is 0 Å². The van der Waals surface area contributed by atoms with E-state index in [4.69, 9.17) is 0 Å². The number of benzene rings is 1. The van der Waals surface area contributed by atoms with Crippen LogP contribution in [0.1, 0.15) is 37.3 Å². The largest absolute Gasteiger partial charge is 0.389 e. The van der Waals surface area contributed by atoms with Crippen LogP contribution in [0.15, 0.2) is 35.2 Å². The van der Waals surface area contributed by atoms with Gasteiger partial charge in [0.05, 0.1) is 23.4 Å². The lowest BCUT2D eigenvalue weighted by Gasteiger charge is -2.17. The van der Waals surface area contributed by atoms with Crippen LogP contribution < -0.4 is 5.32 Å². The molecule has 0 spiro atoms. The Kier molecular flexibility index (Phi) is 3.76. The Morgan fingerprint density at radius 3 is 2.71 bits per heavy atom. The number of aliphatic hydroxyl groups is 1. The molecule has 2 rings (SSSR count). The van der Waals surface area contributed by atoms with E-state index < -0.39 is 6.10 Å². The van der Waals surface area contributed by atoms with E-state index in [2.05, 4.69) is 17.2 Å². The van der Waals surface area contributed by atoms with E-state index in [9.17, 15) is 5.11 Å². The zero-order valence-electron chi connectivity index (χ0n) is 9.92. The minimum Gasteiger partial charge on any atom is -0.389 e. The lowest BCUT2D eigenvalue weighted by atomic mass is 10.1. The van der Waals surface area contributed by atoms with E-state index in [0.717, 1.165) is 16.9 Å². The summed E-state index contributed by atoms with van der Waals surface area (Å²) in [4.78, 5) is 4.28.